The molecule has 1 aromatic heterocycles. The van der Waals surface area contributed by atoms with Crippen molar-refractivity contribution in [2.24, 2.45) is 0 Å². The van der Waals surface area contributed by atoms with Crippen molar-refractivity contribution < 1.29 is 11.3 Å². The lowest BCUT2D eigenvalue weighted by molar-refractivity contribution is 0.670. The molecular weight excluding hydrogens is 569 g/mol. The third-order valence-corrected chi connectivity index (χ3v) is 9.53. The lowest BCUT2D eigenvalue weighted by atomic mass is 9.83. The van der Waals surface area contributed by atoms with Gasteiger partial charge in [-0.1, -0.05) is 158 Å². The average molecular weight is 602 g/mol. The van der Waals surface area contributed by atoms with Gasteiger partial charge >= 0.3 is 0 Å². The fourth-order valence-corrected chi connectivity index (χ4v) is 7.50. The van der Waals surface area contributed by atoms with Crippen LogP contribution in [-0.4, -0.2) is 0 Å². The Kier molecular flexibility index (Phi) is 4.66. The standard InChI is InChI=1S/C46H28O/c1-4-12-29(13-5-1)33-24-22-32-23-25-38-41(28-40(31-16-8-3-9-17-31)37-27-26-36(33)43(32)45(37)38)35-19-11-21-42-44(35)39-20-10-18-34(46(39)47-42)30-14-6-2-7-15-30/h1-28H/i2D,6D,7D,14D,15D. The van der Waals surface area contributed by atoms with Crippen LogP contribution in [0.15, 0.2) is 174 Å². The van der Waals surface area contributed by atoms with Gasteiger partial charge < -0.3 is 4.42 Å². The summed E-state index contributed by atoms with van der Waals surface area (Å²) in [6, 6.07) is 46.8. The molecule has 0 aliphatic heterocycles. The van der Waals surface area contributed by atoms with Crippen LogP contribution in [0.2, 0.25) is 0 Å². The van der Waals surface area contributed by atoms with Crippen molar-refractivity contribution in [3.05, 3.63) is 170 Å². The smallest absolute Gasteiger partial charge is 0.143 e. The second-order valence-corrected chi connectivity index (χ2v) is 12.0. The van der Waals surface area contributed by atoms with Crippen LogP contribution in [0.5, 0.6) is 0 Å². The van der Waals surface area contributed by atoms with E-state index >= 15 is 0 Å². The van der Waals surface area contributed by atoms with Gasteiger partial charge in [0.15, 0.2) is 0 Å². The summed E-state index contributed by atoms with van der Waals surface area (Å²) in [6.07, 6.45) is 0. The topological polar surface area (TPSA) is 13.1 Å². The number of hydrogen-bond acceptors (Lipinski definition) is 1. The van der Waals surface area contributed by atoms with E-state index in [4.69, 9.17) is 11.3 Å². The van der Waals surface area contributed by atoms with Crippen molar-refractivity contribution in [3.8, 4) is 44.5 Å². The second-order valence-electron chi connectivity index (χ2n) is 12.0. The lowest BCUT2D eigenvalue weighted by Crippen LogP contribution is -1.92. The molecule has 0 spiro atoms. The van der Waals surface area contributed by atoms with E-state index in [1.54, 1.807) is 6.07 Å². The molecule has 218 valence electrons. The highest BCUT2D eigenvalue weighted by Crippen LogP contribution is 2.48. The number of hydrogen-bond donors (Lipinski definition) is 0. The van der Waals surface area contributed by atoms with Crippen LogP contribution >= 0.6 is 0 Å². The monoisotopic (exact) mass is 601 g/mol. The van der Waals surface area contributed by atoms with Crippen molar-refractivity contribution >= 4 is 54.3 Å². The van der Waals surface area contributed by atoms with Gasteiger partial charge in [0, 0.05) is 16.3 Å². The zero-order valence-electron chi connectivity index (χ0n) is 30.2. The van der Waals surface area contributed by atoms with Gasteiger partial charge in [-0.15, -0.1) is 0 Å². The molecule has 0 saturated heterocycles. The van der Waals surface area contributed by atoms with Crippen molar-refractivity contribution in [1.29, 1.82) is 0 Å². The van der Waals surface area contributed by atoms with Gasteiger partial charge in [0.05, 0.1) is 6.85 Å². The van der Waals surface area contributed by atoms with Gasteiger partial charge in [-0.05, 0) is 83.4 Å². The fourth-order valence-electron chi connectivity index (χ4n) is 7.50. The van der Waals surface area contributed by atoms with Gasteiger partial charge in [-0.2, -0.15) is 0 Å². The van der Waals surface area contributed by atoms with Crippen molar-refractivity contribution in [2.75, 3.05) is 0 Å². The predicted octanol–water partition coefficient (Wildman–Crippen LogP) is 13.2. The van der Waals surface area contributed by atoms with Crippen molar-refractivity contribution in [3.63, 3.8) is 0 Å². The Balaban J connectivity index is 1.32. The van der Waals surface area contributed by atoms with Crippen LogP contribution in [0.3, 0.4) is 0 Å². The SMILES string of the molecule is [2H]c1c([2H])c([2H])c(-c2cccc3c2oc2cccc(-c4cc(-c5ccccc5)c5ccc6c(-c7ccccc7)ccc7ccc4c5c76)c23)c([2H])c1[2H]. The molecule has 10 rings (SSSR count). The predicted molar refractivity (Wildman–Crippen MR) is 199 cm³/mol. The Bertz CT molecular complexity index is 3030. The molecule has 1 heteroatoms. The molecule has 0 aliphatic rings. The zero-order valence-corrected chi connectivity index (χ0v) is 25.2. The zero-order chi connectivity index (χ0) is 35.2. The van der Waals surface area contributed by atoms with Gasteiger partial charge in [-0.3, -0.25) is 0 Å². The molecule has 9 aromatic carbocycles. The Labute approximate surface area is 279 Å². The largest absolute Gasteiger partial charge is 0.455 e. The molecule has 0 saturated carbocycles. The first-order valence-corrected chi connectivity index (χ1v) is 15.8. The number of fused-ring (bicyclic) bond motifs is 3. The maximum atomic E-state index is 8.71. The quantitative estimate of drug-likeness (QED) is 0.183. The first-order chi connectivity index (χ1) is 25.4. The molecule has 0 fully saturated rings. The molecule has 0 bridgehead atoms. The van der Waals surface area contributed by atoms with Gasteiger partial charge in [0.2, 0.25) is 0 Å². The summed E-state index contributed by atoms with van der Waals surface area (Å²) in [7, 11) is 0. The van der Waals surface area contributed by atoms with Gasteiger partial charge in [-0.25, -0.2) is 0 Å². The second kappa shape index (κ2) is 10.2. The van der Waals surface area contributed by atoms with Crippen LogP contribution in [-0.2, 0) is 0 Å². The van der Waals surface area contributed by atoms with Crippen molar-refractivity contribution in [1.82, 2.24) is 0 Å². The van der Waals surface area contributed by atoms with Crippen LogP contribution in [0.25, 0.3) is 98.8 Å². The van der Waals surface area contributed by atoms with Gasteiger partial charge in [0.1, 0.15) is 11.2 Å². The van der Waals surface area contributed by atoms with Crippen LogP contribution in [0, 0.1) is 0 Å². The van der Waals surface area contributed by atoms with Crippen LogP contribution in [0.1, 0.15) is 6.85 Å². The molecule has 0 amide bonds. The van der Waals surface area contributed by atoms with E-state index in [-0.39, 0.29) is 29.7 Å². The van der Waals surface area contributed by atoms with Crippen molar-refractivity contribution in [2.45, 2.75) is 0 Å². The van der Waals surface area contributed by atoms with E-state index in [0.717, 1.165) is 38.4 Å². The molecule has 0 atom stereocenters. The summed E-state index contributed by atoms with van der Waals surface area (Å²) >= 11 is 0. The third kappa shape index (κ3) is 3.90. The molecule has 0 aliphatic carbocycles. The highest BCUT2D eigenvalue weighted by atomic mass is 16.3. The Morgan fingerprint density at radius 3 is 1.81 bits per heavy atom. The summed E-state index contributed by atoms with van der Waals surface area (Å²) in [6.45, 7) is 0. The molecule has 10 aromatic rings. The molecule has 0 N–H and O–H groups in total. The minimum atomic E-state index is -0.420. The first kappa shape index (κ1) is 21.5. The minimum Gasteiger partial charge on any atom is -0.455 e. The Morgan fingerprint density at radius 1 is 0.383 bits per heavy atom. The summed E-state index contributed by atoms with van der Waals surface area (Å²) in [5.74, 6) is 0. The fraction of sp³-hybridized carbons (Fsp3) is 0. The maximum Gasteiger partial charge on any atom is 0.143 e. The summed E-state index contributed by atoms with van der Waals surface area (Å²) in [5, 5.41) is 8.84. The van der Waals surface area contributed by atoms with E-state index in [1.807, 2.05) is 36.4 Å². The Morgan fingerprint density at radius 2 is 1.02 bits per heavy atom. The highest BCUT2D eigenvalue weighted by Gasteiger charge is 2.21. The number of furan rings is 1. The molecule has 0 unspecified atom stereocenters. The molecule has 1 nitrogen and oxygen atoms in total. The summed E-state index contributed by atoms with van der Waals surface area (Å²) < 4.78 is 48.8. The number of benzene rings is 9. The average Bonchev–Trinajstić information content (AvgIpc) is 3.59. The number of para-hydroxylation sites is 1. The molecule has 0 radical (unpaired) electrons. The van der Waals surface area contributed by atoms with Gasteiger partial charge in [0.25, 0.3) is 0 Å². The van der Waals surface area contributed by atoms with E-state index in [1.165, 1.54) is 38.1 Å². The third-order valence-electron chi connectivity index (χ3n) is 9.53. The Hall–Kier alpha value is -6.18. The molecular formula is C46H28O. The van der Waals surface area contributed by atoms with E-state index in [9.17, 15) is 0 Å². The molecule has 47 heavy (non-hydrogen) atoms. The highest BCUT2D eigenvalue weighted by molar-refractivity contribution is 6.31. The minimum absolute atomic E-state index is 0.125. The lowest BCUT2D eigenvalue weighted by Gasteiger charge is -2.20. The summed E-state index contributed by atoms with van der Waals surface area (Å²) in [5.41, 5.74) is 8.41. The van der Waals surface area contributed by atoms with E-state index in [0.29, 0.717) is 16.7 Å². The van der Waals surface area contributed by atoms with Crippen LogP contribution in [0.4, 0.5) is 0 Å². The normalized spacial score (nSPS) is 13.3. The van der Waals surface area contributed by atoms with E-state index < -0.39 is 6.04 Å². The number of rotatable bonds is 4. The van der Waals surface area contributed by atoms with Crippen LogP contribution < -0.4 is 0 Å². The summed E-state index contributed by atoms with van der Waals surface area (Å²) in [4.78, 5) is 0. The first-order valence-electron chi connectivity index (χ1n) is 18.3. The van der Waals surface area contributed by atoms with E-state index in [2.05, 4.69) is 97.1 Å². The maximum absolute atomic E-state index is 8.71. The molecule has 1 heterocycles.